The van der Waals surface area contributed by atoms with Crippen molar-refractivity contribution in [2.24, 2.45) is 0 Å². The van der Waals surface area contributed by atoms with Crippen LogP contribution in [0.25, 0.3) is 0 Å². The van der Waals surface area contributed by atoms with Crippen LogP contribution in [0.2, 0.25) is 0 Å². The van der Waals surface area contributed by atoms with E-state index in [0.29, 0.717) is 6.54 Å². The first kappa shape index (κ1) is 17.3. The number of carbonyl (C=O) groups is 2. The molecule has 9 heteroatoms. The van der Waals surface area contributed by atoms with E-state index >= 15 is 0 Å². The number of alkyl halides is 3. The van der Waals surface area contributed by atoms with Gasteiger partial charge in [-0.15, -0.1) is 11.3 Å². The Bertz CT molecular complexity index is 760. The molecule has 1 saturated heterocycles. The molecule has 1 N–H and O–H groups in total. The Morgan fingerprint density at radius 2 is 2.00 bits per heavy atom. The molecular formula is C16H13F3N2O3S. The molecule has 0 aliphatic carbocycles. The molecule has 3 rings (SSSR count). The van der Waals surface area contributed by atoms with E-state index in [2.05, 4.69) is 5.32 Å². The van der Waals surface area contributed by atoms with Crippen molar-refractivity contribution in [2.75, 3.05) is 18.0 Å². The van der Waals surface area contributed by atoms with Crippen LogP contribution in [-0.2, 0) is 10.9 Å². The molecule has 1 aromatic heterocycles. The molecule has 132 valence electrons. The van der Waals surface area contributed by atoms with Crippen LogP contribution in [0.4, 0.5) is 23.0 Å². The van der Waals surface area contributed by atoms with Crippen LogP contribution in [0.3, 0.4) is 0 Å². The highest BCUT2D eigenvalue weighted by Crippen LogP contribution is 2.29. The second-order valence-corrected chi connectivity index (χ2v) is 6.28. The molecule has 25 heavy (non-hydrogen) atoms. The molecular weight excluding hydrogens is 357 g/mol. The predicted octanol–water partition coefficient (Wildman–Crippen LogP) is 3.52. The number of nitrogens with zero attached hydrogens (tertiary/aromatic N) is 1. The number of rotatable bonds is 4. The maximum Gasteiger partial charge on any atom is 0.416 e. The van der Waals surface area contributed by atoms with Crippen molar-refractivity contribution in [1.29, 1.82) is 0 Å². The van der Waals surface area contributed by atoms with Gasteiger partial charge in [-0.1, -0.05) is 0 Å². The van der Waals surface area contributed by atoms with Crippen LogP contribution in [0.1, 0.15) is 15.9 Å². The van der Waals surface area contributed by atoms with E-state index in [-0.39, 0.29) is 12.1 Å². The molecule has 0 saturated carbocycles. The van der Waals surface area contributed by atoms with Crippen molar-refractivity contribution in [3.8, 4) is 0 Å². The molecule has 0 spiro atoms. The topological polar surface area (TPSA) is 58.6 Å². The summed E-state index contributed by atoms with van der Waals surface area (Å²) in [5.41, 5.74) is -0.715. The molecule has 2 aromatic rings. The lowest BCUT2D eigenvalue weighted by molar-refractivity contribution is -0.137. The van der Waals surface area contributed by atoms with E-state index in [1.54, 1.807) is 6.07 Å². The minimum absolute atomic E-state index is 0.0769. The number of amides is 2. The summed E-state index contributed by atoms with van der Waals surface area (Å²) >= 11 is 1.40. The van der Waals surface area contributed by atoms with Crippen molar-refractivity contribution in [3.63, 3.8) is 0 Å². The Labute approximate surface area is 145 Å². The summed E-state index contributed by atoms with van der Waals surface area (Å²) in [6, 6.07) is 7.52. The molecule has 1 aromatic carbocycles. The summed E-state index contributed by atoms with van der Waals surface area (Å²) in [7, 11) is 0. The highest BCUT2D eigenvalue weighted by Gasteiger charge is 2.33. The molecule has 0 bridgehead atoms. The van der Waals surface area contributed by atoms with E-state index < -0.39 is 29.8 Å². The Morgan fingerprint density at radius 1 is 1.28 bits per heavy atom. The predicted molar refractivity (Wildman–Crippen MR) is 85.7 cm³/mol. The number of ether oxygens (including phenoxy) is 1. The second kappa shape index (κ2) is 6.75. The van der Waals surface area contributed by atoms with Gasteiger partial charge >= 0.3 is 12.3 Å². The normalized spacial score (nSPS) is 17.5. The highest BCUT2D eigenvalue weighted by atomic mass is 32.1. The quantitative estimate of drug-likeness (QED) is 0.896. The molecule has 5 nitrogen and oxygen atoms in total. The standard InChI is InChI=1S/C16H13F3N2O3S/c17-16(18,19)11-5-3-10(4-6-11)14(22)20-8-12-9-21(15(23)24-12)13-2-1-7-25-13/h1-7,12H,8-9H2,(H,20,22). The third kappa shape index (κ3) is 3.93. The minimum atomic E-state index is -4.45. The van der Waals surface area contributed by atoms with Crippen LogP contribution in [0.5, 0.6) is 0 Å². The van der Waals surface area contributed by atoms with Gasteiger partial charge < -0.3 is 10.1 Å². The van der Waals surface area contributed by atoms with E-state index in [9.17, 15) is 22.8 Å². The Balaban J connectivity index is 1.55. The molecule has 2 heterocycles. The number of halogens is 3. The first-order chi connectivity index (χ1) is 11.8. The minimum Gasteiger partial charge on any atom is -0.442 e. The first-order valence-electron chi connectivity index (χ1n) is 7.32. The molecule has 1 aliphatic heterocycles. The van der Waals surface area contributed by atoms with Crippen molar-refractivity contribution in [1.82, 2.24) is 5.32 Å². The largest absolute Gasteiger partial charge is 0.442 e. The van der Waals surface area contributed by atoms with Crippen molar-refractivity contribution < 1.29 is 27.5 Å². The summed E-state index contributed by atoms with van der Waals surface area (Å²) in [5.74, 6) is -0.528. The van der Waals surface area contributed by atoms with Crippen molar-refractivity contribution in [3.05, 3.63) is 52.9 Å². The summed E-state index contributed by atoms with van der Waals surface area (Å²) in [4.78, 5) is 25.3. The molecule has 1 unspecified atom stereocenters. The number of benzene rings is 1. The lowest BCUT2D eigenvalue weighted by Crippen LogP contribution is -2.34. The average Bonchev–Trinajstić information content (AvgIpc) is 3.21. The molecule has 1 aliphatic rings. The van der Waals surface area contributed by atoms with Gasteiger partial charge in [0, 0.05) is 5.56 Å². The van der Waals surface area contributed by atoms with E-state index in [0.717, 1.165) is 29.3 Å². The van der Waals surface area contributed by atoms with Gasteiger partial charge in [0.25, 0.3) is 5.91 Å². The number of thiophene rings is 1. The van der Waals surface area contributed by atoms with Crippen LogP contribution in [0.15, 0.2) is 41.8 Å². The fraction of sp³-hybridized carbons (Fsp3) is 0.250. The third-order valence-corrected chi connectivity index (χ3v) is 4.50. The van der Waals surface area contributed by atoms with Gasteiger partial charge in [-0.3, -0.25) is 9.69 Å². The second-order valence-electron chi connectivity index (χ2n) is 5.35. The summed E-state index contributed by atoms with van der Waals surface area (Å²) in [6.45, 7) is 0.375. The zero-order valence-electron chi connectivity index (χ0n) is 12.7. The Kier molecular flexibility index (Phi) is 4.67. The zero-order valence-corrected chi connectivity index (χ0v) is 13.6. The highest BCUT2D eigenvalue weighted by molar-refractivity contribution is 7.14. The number of anilines is 1. The van der Waals surface area contributed by atoms with Crippen LogP contribution in [0, 0.1) is 0 Å². The lowest BCUT2D eigenvalue weighted by atomic mass is 10.1. The van der Waals surface area contributed by atoms with E-state index in [4.69, 9.17) is 4.74 Å². The average molecular weight is 370 g/mol. The van der Waals surface area contributed by atoms with Gasteiger partial charge in [0.2, 0.25) is 0 Å². The van der Waals surface area contributed by atoms with E-state index in [1.165, 1.54) is 16.2 Å². The van der Waals surface area contributed by atoms with Gasteiger partial charge in [0.15, 0.2) is 0 Å². The fourth-order valence-electron chi connectivity index (χ4n) is 2.35. The van der Waals surface area contributed by atoms with Crippen LogP contribution < -0.4 is 10.2 Å². The van der Waals surface area contributed by atoms with Gasteiger partial charge in [-0.25, -0.2) is 4.79 Å². The molecule has 1 atom stereocenters. The monoisotopic (exact) mass is 370 g/mol. The number of cyclic esters (lactones) is 1. The first-order valence-corrected chi connectivity index (χ1v) is 8.19. The third-order valence-electron chi connectivity index (χ3n) is 3.61. The Hall–Kier alpha value is -2.55. The van der Waals surface area contributed by atoms with Gasteiger partial charge in [-0.05, 0) is 41.8 Å². The van der Waals surface area contributed by atoms with Crippen molar-refractivity contribution in [2.45, 2.75) is 12.3 Å². The number of hydrogen-bond acceptors (Lipinski definition) is 4. The molecule has 1 fully saturated rings. The SMILES string of the molecule is O=C(NCC1CN(c2cccs2)C(=O)O1)c1ccc(C(F)(F)F)cc1. The van der Waals surface area contributed by atoms with Gasteiger partial charge in [0.05, 0.1) is 18.7 Å². The summed E-state index contributed by atoms with van der Waals surface area (Å²) < 4.78 is 42.7. The number of nitrogens with one attached hydrogen (secondary N) is 1. The fourth-order valence-corrected chi connectivity index (χ4v) is 3.08. The molecule has 2 amide bonds. The van der Waals surface area contributed by atoms with Gasteiger partial charge in [-0.2, -0.15) is 13.2 Å². The van der Waals surface area contributed by atoms with Gasteiger partial charge in [0.1, 0.15) is 11.1 Å². The molecule has 0 radical (unpaired) electrons. The van der Waals surface area contributed by atoms with Crippen molar-refractivity contribution >= 4 is 28.3 Å². The smallest absolute Gasteiger partial charge is 0.416 e. The number of carbonyl (C=O) groups excluding carboxylic acids is 2. The maximum atomic E-state index is 12.5. The number of hydrogen-bond donors (Lipinski definition) is 1. The van der Waals surface area contributed by atoms with Crippen LogP contribution >= 0.6 is 11.3 Å². The Morgan fingerprint density at radius 3 is 2.60 bits per heavy atom. The lowest BCUT2D eigenvalue weighted by Gasteiger charge is -2.11. The zero-order chi connectivity index (χ0) is 18.0. The summed E-state index contributed by atoms with van der Waals surface area (Å²) in [6.07, 6.45) is -5.46. The van der Waals surface area contributed by atoms with E-state index in [1.807, 2.05) is 11.4 Å². The maximum absolute atomic E-state index is 12.5. The summed E-state index contributed by atoms with van der Waals surface area (Å²) in [5, 5.41) is 5.15. The van der Waals surface area contributed by atoms with Crippen LogP contribution in [-0.4, -0.2) is 31.2 Å².